The summed E-state index contributed by atoms with van der Waals surface area (Å²) in [6, 6.07) is 10.1. The van der Waals surface area contributed by atoms with E-state index in [1.807, 2.05) is 25.1 Å². The molecule has 0 amide bonds. The molecule has 3 heteroatoms. The lowest BCUT2D eigenvalue weighted by molar-refractivity contribution is -0.137. The molecule has 1 aliphatic heterocycles. The molecule has 1 aromatic rings. The van der Waals surface area contributed by atoms with Gasteiger partial charge in [0.25, 0.3) is 0 Å². The van der Waals surface area contributed by atoms with Crippen molar-refractivity contribution in [3.05, 3.63) is 42.1 Å². The van der Waals surface area contributed by atoms with Gasteiger partial charge in [0.15, 0.2) is 0 Å². The minimum Gasteiger partial charge on any atom is -0.463 e. The van der Waals surface area contributed by atoms with Gasteiger partial charge in [-0.25, -0.2) is 4.79 Å². The number of carbonyl (C=O) groups is 1. The molecule has 0 spiro atoms. The van der Waals surface area contributed by atoms with Crippen LogP contribution in [0.2, 0.25) is 0 Å². The molecule has 1 saturated heterocycles. The highest BCUT2D eigenvalue weighted by atomic mass is 16.5. The van der Waals surface area contributed by atoms with Crippen LogP contribution in [-0.2, 0) is 9.53 Å². The SMILES string of the molecule is CCOC(=O)/C=C1\CCCN1c1ccccc1. The van der Waals surface area contributed by atoms with Crippen LogP contribution >= 0.6 is 0 Å². The second-order valence-corrected chi connectivity index (χ2v) is 3.98. The molecule has 1 fully saturated rings. The zero-order valence-electron chi connectivity index (χ0n) is 10.1. The lowest BCUT2D eigenvalue weighted by atomic mass is 10.2. The molecule has 90 valence electrons. The Balaban J connectivity index is 2.15. The van der Waals surface area contributed by atoms with Crippen LogP contribution < -0.4 is 4.90 Å². The van der Waals surface area contributed by atoms with Gasteiger partial charge in [-0.15, -0.1) is 0 Å². The van der Waals surface area contributed by atoms with Crippen molar-refractivity contribution in [1.82, 2.24) is 0 Å². The van der Waals surface area contributed by atoms with Crippen LogP contribution in [-0.4, -0.2) is 19.1 Å². The number of para-hydroxylation sites is 1. The lowest BCUT2D eigenvalue weighted by Gasteiger charge is -2.19. The van der Waals surface area contributed by atoms with Gasteiger partial charge in [0.1, 0.15) is 0 Å². The van der Waals surface area contributed by atoms with Crippen molar-refractivity contribution in [3.8, 4) is 0 Å². The number of hydrogen-bond acceptors (Lipinski definition) is 3. The Morgan fingerprint density at radius 2 is 2.18 bits per heavy atom. The minimum absolute atomic E-state index is 0.245. The lowest BCUT2D eigenvalue weighted by Crippen LogP contribution is -2.17. The molecular formula is C14H17NO2. The second-order valence-electron chi connectivity index (χ2n) is 3.98. The number of rotatable bonds is 3. The summed E-state index contributed by atoms with van der Waals surface area (Å²) >= 11 is 0. The molecule has 0 atom stereocenters. The largest absolute Gasteiger partial charge is 0.463 e. The van der Waals surface area contributed by atoms with E-state index in [2.05, 4.69) is 17.0 Å². The maximum absolute atomic E-state index is 11.5. The summed E-state index contributed by atoms with van der Waals surface area (Å²) in [6.45, 7) is 3.21. The third kappa shape index (κ3) is 2.87. The van der Waals surface area contributed by atoms with E-state index in [-0.39, 0.29) is 5.97 Å². The van der Waals surface area contributed by atoms with Crippen molar-refractivity contribution >= 4 is 11.7 Å². The monoisotopic (exact) mass is 231 g/mol. The van der Waals surface area contributed by atoms with Crippen LogP contribution in [0, 0.1) is 0 Å². The molecule has 1 heterocycles. The molecule has 17 heavy (non-hydrogen) atoms. The maximum atomic E-state index is 11.5. The van der Waals surface area contributed by atoms with Gasteiger partial charge < -0.3 is 9.64 Å². The standard InChI is InChI=1S/C14H17NO2/c1-2-17-14(16)11-13-9-6-10-15(13)12-7-4-3-5-8-12/h3-5,7-8,11H,2,6,9-10H2,1H3/b13-11+. The number of allylic oxidation sites excluding steroid dienone is 1. The Hall–Kier alpha value is -1.77. The van der Waals surface area contributed by atoms with Gasteiger partial charge in [0.2, 0.25) is 0 Å². The Bertz CT molecular complexity index is 411. The first-order chi connectivity index (χ1) is 8.31. The van der Waals surface area contributed by atoms with E-state index < -0.39 is 0 Å². The predicted octanol–water partition coefficient (Wildman–Crippen LogP) is 2.73. The number of hydrogen-bond donors (Lipinski definition) is 0. The van der Waals surface area contributed by atoms with Crippen LogP contribution in [0.5, 0.6) is 0 Å². The Labute approximate surface area is 102 Å². The molecule has 0 saturated carbocycles. The number of esters is 1. The number of carbonyl (C=O) groups excluding carboxylic acids is 1. The summed E-state index contributed by atoms with van der Waals surface area (Å²) < 4.78 is 4.95. The number of benzene rings is 1. The molecule has 0 aromatic heterocycles. The van der Waals surface area contributed by atoms with Crippen molar-refractivity contribution in [3.63, 3.8) is 0 Å². The average Bonchev–Trinajstić information content (AvgIpc) is 2.78. The Kier molecular flexibility index (Phi) is 3.81. The topological polar surface area (TPSA) is 29.5 Å². The Morgan fingerprint density at radius 1 is 1.41 bits per heavy atom. The number of nitrogens with zero attached hydrogens (tertiary/aromatic N) is 1. The van der Waals surface area contributed by atoms with Gasteiger partial charge in [-0.2, -0.15) is 0 Å². The predicted molar refractivity (Wildman–Crippen MR) is 67.7 cm³/mol. The van der Waals surface area contributed by atoms with Crippen LogP contribution in [0.4, 0.5) is 5.69 Å². The first-order valence-corrected chi connectivity index (χ1v) is 6.01. The van der Waals surface area contributed by atoms with E-state index in [0.29, 0.717) is 6.61 Å². The Morgan fingerprint density at radius 3 is 2.88 bits per heavy atom. The van der Waals surface area contributed by atoms with Crippen molar-refractivity contribution < 1.29 is 9.53 Å². The van der Waals surface area contributed by atoms with Gasteiger partial charge in [0, 0.05) is 24.0 Å². The van der Waals surface area contributed by atoms with E-state index in [1.165, 1.54) is 0 Å². The summed E-state index contributed by atoms with van der Waals surface area (Å²) in [5.41, 5.74) is 2.19. The fourth-order valence-electron chi connectivity index (χ4n) is 2.07. The van der Waals surface area contributed by atoms with Gasteiger partial charge in [-0.3, -0.25) is 0 Å². The number of anilines is 1. The molecule has 1 aliphatic rings. The molecule has 0 aliphatic carbocycles. The van der Waals surface area contributed by atoms with Crippen LogP contribution in [0.3, 0.4) is 0 Å². The molecule has 3 nitrogen and oxygen atoms in total. The van der Waals surface area contributed by atoms with Gasteiger partial charge >= 0.3 is 5.97 Å². The zero-order valence-corrected chi connectivity index (χ0v) is 10.1. The fourth-order valence-corrected chi connectivity index (χ4v) is 2.07. The molecular weight excluding hydrogens is 214 g/mol. The average molecular weight is 231 g/mol. The smallest absolute Gasteiger partial charge is 0.332 e. The molecule has 0 radical (unpaired) electrons. The van der Waals surface area contributed by atoms with E-state index in [1.54, 1.807) is 6.08 Å². The van der Waals surface area contributed by atoms with Crippen LogP contribution in [0.15, 0.2) is 42.1 Å². The zero-order chi connectivity index (χ0) is 12.1. The van der Waals surface area contributed by atoms with Crippen molar-refractivity contribution in [2.75, 3.05) is 18.1 Å². The van der Waals surface area contributed by atoms with Crippen molar-refractivity contribution in [2.45, 2.75) is 19.8 Å². The van der Waals surface area contributed by atoms with Crippen LogP contribution in [0.1, 0.15) is 19.8 Å². The number of ether oxygens (including phenoxy) is 1. The summed E-state index contributed by atoms with van der Waals surface area (Å²) in [4.78, 5) is 13.6. The molecule has 0 unspecified atom stereocenters. The highest BCUT2D eigenvalue weighted by Crippen LogP contribution is 2.27. The fraction of sp³-hybridized carbons (Fsp3) is 0.357. The van der Waals surface area contributed by atoms with E-state index in [0.717, 1.165) is 30.8 Å². The minimum atomic E-state index is -0.245. The maximum Gasteiger partial charge on any atom is 0.332 e. The molecule has 2 rings (SSSR count). The third-order valence-electron chi connectivity index (χ3n) is 2.80. The second kappa shape index (κ2) is 5.53. The first kappa shape index (κ1) is 11.7. The molecule has 1 aromatic carbocycles. The van der Waals surface area contributed by atoms with Crippen molar-refractivity contribution in [1.29, 1.82) is 0 Å². The van der Waals surface area contributed by atoms with Gasteiger partial charge in [-0.1, -0.05) is 18.2 Å². The summed E-state index contributed by atoms with van der Waals surface area (Å²) in [5, 5.41) is 0. The highest BCUT2D eigenvalue weighted by molar-refractivity contribution is 5.84. The quantitative estimate of drug-likeness (QED) is 0.591. The van der Waals surface area contributed by atoms with Gasteiger partial charge in [0.05, 0.1) is 6.61 Å². The van der Waals surface area contributed by atoms with E-state index in [4.69, 9.17) is 4.74 Å². The van der Waals surface area contributed by atoms with Crippen molar-refractivity contribution in [2.24, 2.45) is 0 Å². The van der Waals surface area contributed by atoms with E-state index >= 15 is 0 Å². The van der Waals surface area contributed by atoms with Gasteiger partial charge in [-0.05, 0) is 31.9 Å². The first-order valence-electron chi connectivity index (χ1n) is 6.01. The molecule has 0 N–H and O–H groups in total. The summed E-state index contributed by atoms with van der Waals surface area (Å²) in [7, 11) is 0. The molecule has 0 bridgehead atoms. The van der Waals surface area contributed by atoms with E-state index in [9.17, 15) is 4.79 Å². The normalized spacial score (nSPS) is 17.5. The third-order valence-corrected chi connectivity index (χ3v) is 2.80. The summed E-state index contributed by atoms with van der Waals surface area (Å²) in [5.74, 6) is -0.245. The highest BCUT2D eigenvalue weighted by Gasteiger charge is 2.19. The van der Waals surface area contributed by atoms with Crippen LogP contribution in [0.25, 0.3) is 0 Å². The summed E-state index contributed by atoms with van der Waals surface area (Å²) in [6.07, 6.45) is 3.64.